The fourth-order valence-electron chi connectivity index (χ4n) is 2.85. The molecule has 0 atom stereocenters. The van der Waals surface area contributed by atoms with Gasteiger partial charge in [-0.1, -0.05) is 0 Å². The van der Waals surface area contributed by atoms with Gasteiger partial charge in [-0.2, -0.15) is 8.78 Å². The molecule has 6 nitrogen and oxygen atoms in total. The summed E-state index contributed by atoms with van der Waals surface area (Å²) in [5.41, 5.74) is 0.549. The zero-order chi connectivity index (χ0) is 18.4. The third kappa shape index (κ3) is 5.53. The van der Waals surface area contributed by atoms with Gasteiger partial charge in [0.1, 0.15) is 11.5 Å². The summed E-state index contributed by atoms with van der Waals surface area (Å²) < 4.78 is 33.9. The number of rotatable bonds is 7. The van der Waals surface area contributed by atoms with Crippen molar-refractivity contribution in [1.29, 1.82) is 0 Å². The number of nitrogens with one attached hydrogen (secondary N) is 1. The molecular formula is C18H21F2N3O3. The van der Waals surface area contributed by atoms with Gasteiger partial charge in [0.05, 0.1) is 19.4 Å². The van der Waals surface area contributed by atoms with E-state index in [4.69, 9.17) is 4.42 Å². The Kier molecular flexibility index (Phi) is 6.19. The van der Waals surface area contributed by atoms with Crippen LogP contribution in [0.4, 0.5) is 14.5 Å². The number of furan rings is 1. The van der Waals surface area contributed by atoms with Crippen molar-refractivity contribution in [3.05, 3.63) is 48.4 Å². The van der Waals surface area contributed by atoms with Crippen molar-refractivity contribution in [2.45, 2.75) is 13.2 Å². The largest absolute Gasteiger partial charge is 0.468 e. The van der Waals surface area contributed by atoms with Gasteiger partial charge >= 0.3 is 6.61 Å². The second-order valence-electron chi connectivity index (χ2n) is 6.08. The van der Waals surface area contributed by atoms with Gasteiger partial charge in [-0.15, -0.1) is 0 Å². The van der Waals surface area contributed by atoms with Gasteiger partial charge < -0.3 is 14.5 Å². The Hall–Kier alpha value is -2.45. The number of hydrogen-bond donors (Lipinski definition) is 1. The van der Waals surface area contributed by atoms with Crippen LogP contribution in [0.1, 0.15) is 5.76 Å². The van der Waals surface area contributed by atoms with Crippen LogP contribution in [-0.2, 0) is 11.3 Å². The van der Waals surface area contributed by atoms with E-state index >= 15 is 0 Å². The fourth-order valence-corrected chi connectivity index (χ4v) is 2.85. The maximum absolute atomic E-state index is 12.1. The van der Waals surface area contributed by atoms with E-state index in [9.17, 15) is 13.6 Å². The number of piperazine rings is 1. The molecule has 8 heteroatoms. The van der Waals surface area contributed by atoms with Crippen molar-refractivity contribution >= 4 is 11.6 Å². The molecular weight excluding hydrogens is 344 g/mol. The van der Waals surface area contributed by atoms with Gasteiger partial charge in [-0.3, -0.25) is 14.6 Å². The molecule has 0 unspecified atom stereocenters. The number of carbonyl (C=O) groups is 1. The number of alkyl halides is 2. The third-order valence-electron chi connectivity index (χ3n) is 4.15. The van der Waals surface area contributed by atoms with Crippen LogP contribution in [0.25, 0.3) is 0 Å². The van der Waals surface area contributed by atoms with Crippen LogP contribution < -0.4 is 10.1 Å². The lowest BCUT2D eigenvalue weighted by atomic mass is 10.2. The number of hydrogen-bond acceptors (Lipinski definition) is 5. The topological polar surface area (TPSA) is 58.0 Å². The van der Waals surface area contributed by atoms with Crippen molar-refractivity contribution in [3.63, 3.8) is 0 Å². The van der Waals surface area contributed by atoms with Crippen LogP contribution in [0.15, 0.2) is 47.1 Å². The highest BCUT2D eigenvalue weighted by molar-refractivity contribution is 5.92. The maximum atomic E-state index is 12.1. The lowest BCUT2D eigenvalue weighted by molar-refractivity contribution is -0.117. The molecule has 1 aliphatic heterocycles. The van der Waals surface area contributed by atoms with Gasteiger partial charge in [0.2, 0.25) is 5.91 Å². The molecule has 0 radical (unpaired) electrons. The van der Waals surface area contributed by atoms with Crippen LogP contribution in [0.2, 0.25) is 0 Å². The average Bonchev–Trinajstić information content (AvgIpc) is 3.11. The standard InChI is InChI=1S/C18H21F2N3O3/c19-18(20)26-15-5-3-14(4-6-15)21-17(24)13-23-9-7-22(8-10-23)12-16-2-1-11-25-16/h1-6,11,18H,7-10,12-13H2,(H,21,24). The van der Waals surface area contributed by atoms with E-state index < -0.39 is 6.61 Å². The molecule has 0 spiro atoms. The van der Waals surface area contributed by atoms with Crippen molar-refractivity contribution in [2.24, 2.45) is 0 Å². The molecule has 0 aliphatic carbocycles. The number of benzene rings is 1. The molecule has 2 heterocycles. The molecule has 1 fully saturated rings. The van der Waals surface area contributed by atoms with Crippen LogP contribution in [0, 0.1) is 0 Å². The molecule has 26 heavy (non-hydrogen) atoms. The number of nitrogens with zero attached hydrogens (tertiary/aromatic N) is 2. The summed E-state index contributed by atoms with van der Waals surface area (Å²) in [6, 6.07) is 9.71. The zero-order valence-corrected chi connectivity index (χ0v) is 14.2. The lowest BCUT2D eigenvalue weighted by Crippen LogP contribution is -2.48. The molecule has 1 aromatic heterocycles. The first-order valence-corrected chi connectivity index (χ1v) is 8.40. The Morgan fingerprint density at radius 2 is 1.81 bits per heavy atom. The number of anilines is 1. The van der Waals surface area contributed by atoms with E-state index in [0.717, 1.165) is 38.5 Å². The molecule has 0 bridgehead atoms. The lowest BCUT2D eigenvalue weighted by Gasteiger charge is -2.33. The van der Waals surface area contributed by atoms with Crippen LogP contribution in [-0.4, -0.2) is 55.0 Å². The summed E-state index contributed by atoms with van der Waals surface area (Å²) in [4.78, 5) is 16.5. The van der Waals surface area contributed by atoms with E-state index in [2.05, 4.69) is 19.9 Å². The predicted octanol–water partition coefficient (Wildman–Crippen LogP) is 2.64. The molecule has 140 valence electrons. The van der Waals surface area contributed by atoms with E-state index in [1.54, 1.807) is 6.26 Å². The number of amides is 1. The molecule has 1 aliphatic rings. The van der Waals surface area contributed by atoms with E-state index in [1.165, 1.54) is 24.3 Å². The van der Waals surface area contributed by atoms with Crippen LogP contribution in [0.3, 0.4) is 0 Å². The average molecular weight is 365 g/mol. The Balaban J connectivity index is 1.40. The predicted molar refractivity (Wildman–Crippen MR) is 92.1 cm³/mol. The minimum Gasteiger partial charge on any atom is -0.468 e. The molecule has 0 saturated carbocycles. The Morgan fingerprint density at radius 3 is 2.42 bits per heavy atom. The van der Waals surface area contributed by atoms with Crippen molar-refractivity contribution in [3.8, 4) is 5.75 Å². The maximum Gasteiger partial charge on any atom is 0.387 e. The van der Waals surface area contributed by atoms with Crippen LogP contribution >= 0.6 is 0 Å². The smallest absolute Gasteiger partial charge is 0.387 e. The molecule has 2 aromatic rings. The van der Waals surface area contributed by atoms with Gasteiger partial charge in [-0.05, 0) is 36.4 Å². The molecule has 1 saturated heterocycles. The van der Waals surface area contributed by atoms with Crippen molar-refractivity contribution in [2.75, 3.05) is 38.0 Å². The number of carbonyl (C=O) groups excluding carboxylic acids is 1. The van der Waals surface area contributed by atoms with Gasteiger partial charge in [0.25, 0.3) is 0 Å². The summed E-state index contributed by atoms with van der Waals surface area (Å²) in [6.07, 6.45) is 1.67. The quantitative estimate of drug-likeness (QED) is 0.818. The second-order valence-corrected chi connectivity index (χ2v) is 6.08. The highest BCUT2D eigenvalue weighted by Crippen LogP contribution is 2.17. The van der Waals surface area contributed by atoms with Crippen molar-refractivity contribution < 1.29 is 22.7 Å². The monoisotopic (exact) mass is 365 g/mol. The highest BCUT2D eigenvalue weighted by Gasteiger charge is 2.19. The van der Waals surface area contributed by atoms with Gasteiger partial charge in [0.15, 0.2) is 0 Å². The molecule has 1 aromatic carbocycles. The first-order valence-electron chi connectivity index (χ1n) is 8.40. The first kappa shape index (κ1) is 18.3. The van der Waals surface area contributed by atoms with E-state index in [-0.39, 0.29) is 11.7 Å². The summed E-state index contributed by atoms with van der Waals surface area (Å²) in [5.74, 6) is 0.869. The summed E-state index contributed by atoms with van der Waals surface area (Å²) >= 11 is 0. The minimum atomic E-state index is -2.86. The zero-order valence-electron chi connectivity index (χ0n) is 14.2. The van der Waals surface area contributed by atoms with E-state index in [1.807, 2.05) is 12.1 Å². The van der Waals surface area contributed by atoms with Gasteiger partial charge in [-0.25, -0.2) is 0 Å². The highest BCUT2D eigenvalue weighted by atomic mass is 19.3. The Bertz CT molecular complexity index is 684. The minimum absolute atomic E-state index is 0.0608. The SMILES string of the molecule is O=C(CN1CCN(Cc2ccco2)CC1)Nc1ccc(OC(F)F)cc1. The third-order valence-corrected chi connectivity index (χ3v) is 4.15. The summed E-state index contributed by atoms with van der Waals surface area (Å²) in [5, 5.41) is 2.77. The molecule has 3 rings (SSSR count). The van der Waals surface area contributed by atoms with E-state index in [0.29, 0.717) is 12.2 Å². The normalized spacial score (nSPS) is 16.0. The Labute approximate surface area is 150 Å². The summed E-state index contributed by atoms with van der Waals surface area (Å²) in [7, 11) is 0. The van der Waals surface area contributed by atoms with Crippen molar-refractivity contribution in [1.82, 2.24) is 9.80 Å². The molecule has 1 N–H and O–H groups in total. The first-order chi connectivity index (χ1) is 12.6. The Morgan fingerprint density at radius 1 is 1.12 bits per heavy atom. The number of ether oxygens (including phenoxy) is 1. The van der Waals surface area contributed by atoms with Crippen LogP contribution in [0.5, 0.6) is 5.75 Å². The molecule has 1 amide bonds. The fraction of sp³-hybridized carbons (Fsp3) is 0.389. The summed E-state index contributed by atoms with van der Waals surface area (Å²) in [6.45, 7) is 1.55. The van der Waals surface area contributed by atoms with Gasteiger partial charge in [0, 0.05) is 31.9 Å². The second kappa shape index (κ2) is 8.77. The number of halogens is 2.